The van der Waals surface area contributed by atoms with Crippen molar-refractivity contribution in [3.63, 3.8) is 0 Å². The molecule has 1 atom stereocenters. The SMILES string of the molecule is CC(C)(C)NC(N)=NCC1COC2(CCCCCC2)O1.I. The first kappa shape index (κ1) is 19.0. The summed E-state index contributed by atoms with van der Waals surface area (Å²) < 4.78 is 12.1. The molecule has 3 N–H and O–H groups in total. The third-order valence-electron chi connectivity index (χ3n) is 3.75. The van der Waals surface area contributed by atoms with Crippen molar-refractivity contribution in [1.29, 1.82) is 0 Å². The fourth-order valence-corrected chi connectivity index (χ4v) is 2.86. The Kier molecular flexibility index (Phi) is 7.19. The fourth-order valence-electron chi connectivity index (χ4n) is 2.86. The van der Waals surface area contributed by atoms with Crippen molar-refractivity contribution >= 4 is 29.9 Å². The molecule has 0 bridgehead atoms. The molecule has 6 heteroatoms. The van der Waals surface area contributed by atoms with Crippen molar-refractivity contribution < 1.29 is 9.47 Å². The number of nitrogens with two attached hydrogens (primary N) is 1. The van der Waals surface area contributed by atoms with E-state index in [9.17, 15) is 0 Å². The Balaban J connectivity index is 0.00000220. The van der Waals surface area contributed by atoms with Gasteiger partial charge in [0.15, 0.2) is 11.7 Å². The highest BCUT2D eigenvalue weighted by molar-refractivity contribution is 14.0. The van der Waals surface area contributed by atoms with Gasteiger partial charge in [0.1, 0.15) is 6.10 Å². The third kappa shape index (κ3) is 6.28. The van der Waals surface area contributed by atoms with Crippen molar-refractivity contribution in [2.45, 2.75) is 76.7 Å². The van der Waals surface area contributed by atoms with Crippen LogP contribution in [-0.4, -0.2) is 36.5 Å². The molecule has 124 valence electrons. The molecule has 1 aliphatic heterocycles. The van der Waals surface area contributed by atoms with E-state index in [2.05, 4.69) is 31.1 Å². The summed E-state index contributed by atoms with van der Waals surface area (Å²) in [6.45, 7) is 7.38. The zero-order valence-corrected chi connectivity index (χ0v) is 15.8. The lowest BCUT2D eigenvalue weighted by Crippen LogP contribution is -2.45. The number of rotatable bonds is 2. The summed E-state index contributed by atoms with van der Waals surface area (Å²) in [4.78, 5) is 4.37. The van der Waals surface area contributed by atoms with Gasteiger partial charge in [-0.1, -0.05) is 12.8 Å². The number of nitrogens with one attached hydrogen (secondary N) is 1. The second-order valence-electron chi connectivity index (χ2n) is 6.98. The van der Waals surface area contributed by atoms with Gasteiger partial charge in [-0.3, -0.25) is 4.99 Å². The van der Waals surface area contributed by atoms with Crippen LogP contribution in [0, 0.1) is 0 Å². The Morgan fingerprint density at radius 2 is 1.86 bits per heavy atom. The van der Waals surface area contributed by atoms with Crippen molar-refractivity contribution in [2.24, 2.45) is 10.7 Å². The molecule has 2 fully saturated rings. The minimum atomic E-state index is -0.330. The zero-order chi connectivity index (χ0) is 14.6. The van der Waals surface area contributed by atoms with Crippen LogP contribution in [0.25, 0.3) is 0 Å². The molecule has 0 aromatic rings. The molecule has 1 unspecified atom stereocenters. The molecule has 2 rings (SSSR count). The molecule has 1 heterocycles. The topological polar surface area (TPSA) is 68.9 Å². The molecular weight excluding hydrogens is 381 g/mol. The molecular formula is C15H30IN3O2. The van der Waals surface area contributed by atoms with Gasteiger partial charge in [-0.05, 0) is 33.6 Å². The molecule has 1 saturated heterocycles. The van der Waals surface area contributed by atoms with Crippen LogP contribution in [0.2, 0.25) is 0 Å². The standard InChI is InChI=1S/C15H29N3O2.HI/c1-14(2,3)18-13(16)17-10-12-11-19-15(20-12)8-6-4-5-7-9-15;/h12H,4-11H2,1-3H3,(H3,16,17,18);1H. The lowest BCUT2D eigenvalue weighted by Gasteiger charge is -2.26. The number of hydrogen-bond donors (Lipinski definition) is 2. The number of hydrogen-bond acceptors (Lipinski definition) is 3. The Labute approximate surface area is 145 Å². The van der Waals surface area contributed by atoms with Crippen molar-refractivity contribution in [3.8, 4) is 0 Å². The van der Waals surface area contributed by atoms with Crippen LogP contribution in [0.1, 0.15) is 59.3 Å². The highest BCUT2D eigenvalue weighted by Gasteiger charge is 2.41. The van der Waals surface area contributed by atoms with Gasteiger partial charge in [0.25, 0.3) is 0 Å². The normalized spacial score (nSPS) is 26.2. The number of aliphatic imine (C=N–C) groups is 1. The Bertz CT molecular complexity index is 347. The molecule has 0 aromatic heterocycles. The Hall–Kier alpha value is -0.0800. The van der Waals surface area contributed by atoms with Gasteiger partial charge in [-0.15, -0.1) is 24.0 Å². The van der Waals surface area contributed by atoms with E-state index in [0.717, 1.165) is 12.8 Å². The number of ether oxygens (including phenoxy) is 2. The van der Waals surface area contributed by atoms with Crippen molar-refractivity contribution in [3.05, 3.63) is 0 Å². The van der Waals surface area contributed by atoms with Gasteiger partial charge in [-0.25, -0.2) is 0 Å². The molecule has 0 radical (unpaired) electrons. The molecule has 5 nitrogen and oxygen atoms in total. The van der Waals surface area contributed by atoms with Gasteiger partial charge in [0.2, 0.25) is 0 Å². The van der Waals surface area contributed by atoms with Gasteiger partial charge in [0, 0.05) is 18.4 Å². The van der Waals surface area contributed by atoms with Crippen LogP contribution in [-0.2, 0) is 9.47 Å². The van der Waals surface area contributed by atoms with Gasteiger partial charge < -0.3 is 20.5 Å². The number of halogens is 1. The molecule has 1 saturated carbocycles. The summed E-state index contributed by atoms with van der Waals surface area (Å²) in [5.74, 6) is 0.144. The van der Waals surface area contributed by atoms with E-state index in [4.69, 9.17) is 15.2 Å². The average Bonchev–Trinajstić information content (AvgIpc) is 2.57. The molecule has 21 heavy (non-hydrogen) atoms. The molecule has 0 aromatic carbocycles. The predicted molar refractivity (Wildman–Crippen MR) is 96.1 cm³/mol. The fraction of sp³-hybridized carbons (Fsp3) is 0.933. The van der Waals surface area contributed by atoms with Gasteiger partial charge in [0.05, 0.1) is 13.2 Å². The van der Waals surface area contributed by atoms with Crippen molar-refractivity contribution in [2.75, 3.05) is 13.2 Å². The van der Waals surface area contributed by atoms with Crippen LogP contribution in [0.15, 0.2) is 4.99 Å². The van der Waals surface area contributed by atoms with Crippen LogP contribution in [0.4, 0.5) is 0 Å². The monoisotopic (exact) mass is 411 g/mol. The van der Waals surface area contributed by atoms with E-state index in [0.29, 0.717) is 19.1 Å². The average molecular weight is 411 g/mol. The maximum atomic E-state index is 6.14. The van der Waals surface area contributed by atoms with Crippen LogP contribution in [0.5, 0.6) is 0 Å². The van der Waals surface area contributed by atoms with Gasteiger partial charge in [-0.2, -0.15) is 0 Å². The minimum absolute atomic E-state index is 0. The molecule has 2 aliphatic rings. The second-order valence-corrected chi connectivity index (χ2v) is 6.98. The first-order valence-electron chi connectivity index (χ1n) is 7.78. The highest BCUT2D eigenvalue weighted by Crippen LogP contribution is 2.36. The number of guanidine groups is 1. The summed E-state index contributed by atoms with van der Waals surface area (Å²) in [6.07, 6.45) is 7.05. The smallest absolute Gasteiger partial charge is 0.189 e. The van der Waals surface area contributed by atoms with Crippen LogP contribution >= 0.6 is 24.0 Å². The van der Waals surface area contributed by atoms with E-state index >= 15 is 0 Å². The summed E-state index contributed by atoms with van der Waals surface area (Å²) in [5, 5.41) is 3.16. The summed E-state index contributed by atoms with van der Waals surface area (Å²) in [6, 6.07) is 0. The zero-order valence-electron chi connectivity index (χ0n) is 13.5. The molecule has 1 spiro atoms. The second kappa shape index (κ2) is 7.97. The summed E-state index contributed by atoms with van der Waals surface area (Å²) >= 11 is 0. The van der Waals surface area contributed by atoms with E-state index in [1.165, 1.54) is 25.7 Å². The molecule has 1 aliphatic carbocycles. The predicted octanol–water partition coefficient (Wildman–Crippen LogP) is 2.77. The van der Waals surface area contributed by atoms with Crippen LogP contribution in [0.3, 0.4) is 0 Å². The Morgan fingerprint density at radius 1 is 1.24 bits per heavy atom. The van der Waals surface area contributed by atoms with E-state index in [1.54, 1.807) is 0 Å². The lowest BCUT2D eigenvalue weighted by atomic mass is 10.1. The minimum Gasteiger partial charge on any atom is -0.370 e. The first-order chi connectivity index (χ1) is 9.39. The maximum Gasteiger partial charge on any atom is 0.189 e. The van der Waals surface area contributed by atoms with E-state index < -0.39 is 0 Å². The van der Waals surface area contributed by atoms with Crippen LogP contribution < -0.4 is 11.1 Å². The third-order valence-corrected chi connectivity index (χ3v) is 3.75. The first-order valence-corrected chi connectivity index (χ1v) is 7.78. The largest absolute Gasteiger partial charge is 0.370 e. The maximum absolute atomic E-state index is 6.14. The number of nitrogens with zero attached hydrogens (tertiary/aromatic N) is 1. The quantitative estimate of drug-likeness (QED) is 0.417. The highest BCUT2D eigenvalue weighted by atomic mass is 127. The summed E-state index contributed by atoms with van der Waals surface area (Å²) in [5.41, 5.74) is 5.81. The Morgan fingerprint density at radius 3 is 2.43 bits per heavy atom. The summed E-state index contributed by atoms with van der Waals surface area (Å²) in [7, 11) is 0. The van der Waals surface area contributed by atoms with E-state index in [-0.39, 0.29) is 41.4 Å². The van der Waals surface area contributed by atoms with Crippen molar-refractivity contribution in [1.82, 2.24) is 5.32 Å². The lowest BCUT2D eigenvalue weighted by molar-refractivity contribution is -0.174. The molecule has 0 amide bonds. The van der Waals surface area contributed by atoms with Gasteiger partial charge >= 0.3 is 0 Å². The van der Waals surface area contributed by atoms with E-state index in [1.807, 2.05) is 0 Å².